The highest BCUT2D eigenvalue weighted by molar-refractivity contribution is 6.46. The molecule has 1 spiro atoms. The summed E-state index contributed by atoms with van der Waals surface area (Å²) in [5, 5.41) is 2.90. The Hall–Kier alpha value is -3.36. The maximum atomic E-state index is 14.4. The van der Waals surface area contributed by atoms with Crippen LogP contribution in [0.3, 0.4) is 0 Å². The number of ether oxygens (including phenoxy) is 1. The molecular weight excluding hydrogens is 555 g/mol. The summed E-state index contributed by atoms with van der Waals surface area (Å²) < 4.78 is 43.2. The number of halogens is 3. The molecule has 1 N–H and O–H groups in total. The monoisotopic (exact) mass is 599 g/mol. The summed E-state index contributed by atoms with van der Waals surface area (Å²) in [5.41, 5.74) is 1.25. The highest BCUT2D eigenvalue weighted by Crippen LogP contribution is 2.50. The van der Waals surface area contributed by atoms with Gasteiger partial charge in [-0.2, -0.15) is 0 Å². The third-order valence-electron chi connectivity index (χ3n) is 8.78. The normalized spacial score (nSPS) is 21.6. The first-order valence-corrected chi connectivity index (χ1v) is 15.5. The molecule has 4 rings (SSSR count). The molecule has 234 valence electrons. The van der Waals surface area contributed by atoms with Crippen LogP contribution in [0.5, 0.6) is 5.75 Å². The predicted molar refractivity (Wildman–Crippen MR) is 162 cm³/mol. The van der Waals surface area contributed by atoms with E-state index in [-0.39, 0.29) is 34.7 Å². The first-order valence-electron chi connectivity index (χ1n) is 15.5. The van der Waals surface area contributed by atoms with Gasteiger partial charge in [0.1, 0.15) is 17.1 Å². The molecule has 1 atom stereocenters. The summed E-state index contributed by atoms with van der Waals surface area (Å²) in [5.74, 6) is -0.347. The lowest BCUT2D eigenvalue weighted by atomic mass is 9.69. The summed E-state index contributed by atoms with van der Waals surface area (Å²) in [6.45, 7) is 11.4. The highest BCUT2D eigenvalue weighted by atomic mass is 19.4. The number of hydrogen-bond acceptors (Lipinski definition) is 4. The van der Waals surface area contributed by atoms with Crippen LogP contribution in [0.1, 0.15) is 114 Å². The van der Waals surface area contributed by atoms with Crippen molar-refractivity contribution in [2.45, 2.75) is 104 Å². The average molecular weight is 600 g/mol. The Bertz CT molecular complexity index is 1310. The van der Waals surface area contributed by atoms with Crippen molar-refractivity contribution in [2.24, 2.45) is 16.3 Å². The molecule has 1 aliphatic carbocycles. The quantitative estimate of drug-likeness (QED) is 0.299. The molecule has 1 fully saturated rings. The van der Waals surface area contributed by atoms with Crippen LogP contribution < -0.4 is 10.1 Å². The Morgan fingerprint density at radius 1 is 1.07 bits per heavy atom. The van der Waals surface area contributed by atoms with E-state index in [9.17, 15) is 22.8 Å². The average Bonchev–Trinajstić information content (AvgIpc) is 3.22. The van der Waals surface area contributed by atoms with E-state index in [4.69, 9.17) is 4.99 Å². The first-order chi connectivity index (χ1) is 20.3. The minimum atomic E-state index is -4.84. The lowest BCUT2D eigenvalue weighted by Crippen LogP contribution is -2.51. The molecular formula is C34H44F3N3O3. The molecule has 0 saturated heterocycles. The first kappa shape index (κ1) is 32.6. The molecule has 6 nitrogen and oxygen atoms in total. The van der Waals surface area contributed by atoms with Crippen molar-refractivity contribution in [3.8, 4) is 5.75 Å². The second-order valence-electron chi connectivity index (χ2n) is 12.9. The van der Waals surface area contributed by atoms with E-state index >= 15 is 0 Å². The molecule has 2 amide bonds. The summed E-state index contributed by atoms with van der Waals surface area (Å²) in [4.78, 5) is 33.9. The number of amides is 2. The largest absolute Gasteiger partial charge is 0.573 e. The lowest BCUT2D eigenvalue weighted by Gasteiger charge is -2.47. The minimum absolute atomic E-state index is 0.112. The van der Waals surface area contributed by atoms with Gasteiger partial charge in [0.2, 0.25) is 0 Å². The van der Waals surface area contributed by atoms with Gasteiger partial charge in [0.05, 0.1) is 6.04 Å². The third-order valence-corrected chi connectivity index (χ3v) is 8.78. The Labute approximate surface area is 253 Å². The number of benzene rings is 2. The molecule has 0 aromatic heterocycles. The Kier molecular flexibility index (Phi) is 9.92. The second-order valence-corrected chi connectivity index (χ2v) is 12.9. The van der Waals surface area contributed by atoms with Crippen LogP contribution in [0.15, 0.2) is 53.5 Å². The summed E-state index contributed by atoms with van der Waals surface area (Å²) in [7, 11) is 0. The van der Waals surface area contributed by atoms with Crippen molar-refractivity contribution in [1.29, 1.82) is 0 Å². The number of nitrogens with one attached hydrogen (secondary N) is 1. The number of aliphatic imine (C=N–C) groups is 1. The van der Waals surface area contributed by atoms with Crippen molar-refractivity contribution in [3.05, 3.63) is 65.2 Å². The van der Waals surface area contributed by atoms with E-state index in [1.165, 1.54) is 18.2 Å². The van der Waals surface area contributed by atoms with E-state index in [0.717, 1.165) is 37.7 Å². The zero-order valence-electron chi connectivity index (χ0n) is 25.9. The number of rotatable bonds is 10. The van der Waals surface area contributed by atoms with Crippen molar-refractivity contribution in [1.82, 2.24) is 10.2 Å². The van der Waals surface area contributed by atoms with Gasteiger partial charge in [-0.25, -0.2) is 0 Å². The standard InChI is InChI=1S/C34H44F3N3O3/c1-6-8-12-28(23-13-15-24(16-14-23)30(41)38-21-7-2)40-31(42)29(25-10-9-11-27(22-25)43-34(35,36)37)39-33(40)19-17-26(18-20-33)32(3,4)5/h9-11,13-16,22,26,28H,6-8,12,17-21H2,1-5H3,(H,38,41)/t26?,28-,33?/m1/s1. The molecule has 2 aromatic carbocycles. The predicted octanol–water partition coefficient (Wildman–Crippen LogP) is 8.22. The highest BCUT2D eigenvalue weighted by Gasteiger charge is 2.52. The van der Waals surface area contributed by atoms with Gasteiger partial charge < -0.3 is 15.0 Å². The fourth-order valence-corrected chi connectivity index (χ4v) is 6.41. The lowest BCUT2D eigenvalue weighted by molar-refractivity contribution is -0.274. The van der Waals surface area contributed by atoms with Crippen molar-refractivity contribution in [3.63, 3.8) is 0 Å². The van der Waals surface area contributed by atoms with Crippen LogP contribution in [0.25, 0.3) is 0 Å². The topological polar surface area (TPSA) is 71.0 Å². The zero-order chi connectivity index (χ0) is 31.4. The van der Waals surface area contributed by atoms with Gasteiger partial charge in [-0.3, -0.25) is 14.6 Å². The van der Waals surface area contributed by atoms with Gasteiger partial charge >= 0.3 is 6.36 Å². The maximum Gasteiger partial charge on any atom is 0.573 e. The fraction of sp³-hybridized carbons (Fsp3) is 0.559. The number of carbonyl (C=O) groups is 2. The molecule has 0 unspecified atom stereocenters. The second kappa shape index (κ2) is 13.1. The van der Waals surface area contributed by atoms with Crippen LogP contribution >= 0.6 is 0 Å². The van der Waals surface area contributed by atoms with Crippen molar-refractivity contribution >= 4 is 17.5 Å². The van der Waals surface area contributed by atoms with Crippen LogP contribution in [-0.2, 0) is 4.79 Å². The van der Waals surface area contributed by atoms with Gasteiger partial charge in [0.15, 0.2) is 0 Å². The number of nitrogens with zero attached hydrogens (tertiary/aromatic N) is 2. The molecule has 1 heterocycles. The number of carbonyl (C=O) groups excluding carboxylic acids is 2. The summed E-state index contributed by atoms with van der Waals surface area (Å²) in [6.07, 6.45) is 1.61. The Morgan fingerprint density at radius 3 is 2.33 bits per heavy atom. The van der Waals surface area contributed by atoms with Gasteiger partial charge in [-0.15, -0.1) is 13.2 Å². The molecule has 0 bridgehead atoms. The van der Waals surface area contributed by atoms with Gasteiger partial charge in [-0.1, -0.05) is 71.7 Å². The SMILES string of the molecule is CCCC[C@H](c1ccc(C(=O)NCCC)cc1)N1C(=O)C(c2cccc(OC(F)(F)F)c2)=NC12CCC(C(C)(C)C)CC2. The molecule has 1 aliphatic heterocycles. The van der Waals surface area contributed by atoms with Crippen LogP contribution in [-0.4, -0.2) is 41.0 Å². The number of unbranched alkanes of at least 4 members (excludes halogenated alkanes) is 1. The molecule has 43 heavy (non-hydrogen) atoms. The van der Waals surface area contributed by atoms with E-state index in [2.05, 4.69) is 37.7 Å². The fourth-order valence-electron chi connectivity index (χ4n) is 6.41. The molecule has 1 saturated carbocycles. The van der Waals surface area contributed by atoms with Crippen molar-refractivity contribution < 1.29 is 27.5 Å². The molecule has 2 aliphatic rings. The Morgan fingerprint density at radius 2 is 1.74 bits per heavy atom. The molecule has 2 aromatic rings. The van der Waals surface area contributed by atoms with E-state index in [0.29, 0.717) is 42.9 Å². The number of alkyl halides is 3. The zero-order valence-corrected chi connectivity index (χ0v) is 25.9. The Balaban J connectivity index is 1.75. The minimum Gasteiger partial charge on any atom is -0.406 e. The van der Waals surface area contributed by atoms with E-state index in [1.54, 1.807) is 18.2 Å². The van der Waals surface area contributed by atoms with Crippen molar-refractivity contribution in [2.75, 3.05) is 6.54 Å². The van der Waals surface area contributed by atoms with Crippen LogP contribution in [0.2, 0.25) is 0 Å². The van der Waals surface area contributed by atoms with Crippen LogP contribution in [0, 0.1) is 11.3 Å². The smallest absolute Gasteiger partial charge is 0.406 e. The summed E-state index contributed by atoms with van der Waals surface area (Å²) in [6, 6.07) is 12.6. The van der Waals surface area contributed by atoms with E-state index < -0.39 is 12.0 Å². The van der Waals surface area contributed by atoms with Gasteiger partial charge in [-0.05, 0) is 79.7 Å². The van der Waals surface area contributed by atoms with Gasteiger partial charge in [0.25, 0.3) is 11.8 Å². The van der Waals surface area contributed by atoms with E-state index in [1.807, 2.05) is 24.0 Å². The molecule has 9 heteroatoms. The van der Waals surface area contributed by atoms with Crippen LogP contribution in [0.4, 0.5) is 13.2 Å². The third kappa shape index (κ3) is 7.60. The maximum absolute atomic E-state index is 14.4. The molecule has 0 radical (unpaired) electrons. The number of hydrogen-bond donors (Lipinski definition) is 1. The van der Waals surface area contributed by atoms with Gasteiger partial charge in [0, 0.05) is 17.7 Å². The summed E-state index contributed by atoms with van der Waals surface area (Å²) >= 11 is 0.